The summed E-state index contributed by atoms with van der Waals surface area (Å²) in [7, 11) is 4.30. The smallest absolute Gasteiger partial charge is 0.0787 e. The van der Waals surface area contributed by atoms with E-state index < -0.39 is 0 Å². The number of rotatable bonds is 4. The SMILES string of the molecule is CC[C@@H](O)c1ccc(N2CCC(N(C)C)C2)cc1. The molecular weight excluding hydrogens is 224 g/mol. The van der Waals surface area contributed by atoms with Crippen LogP contribution in [0.25, 0.3) is 0 Å². The predicted molar refractivity (Wildman–Crippen MR) is 76.0 cm³/mol. The second-order valence-corrected chi connectivity index (χ2v) is 5.37. The predicted octanol–water partition coefficient (Wildman–Crippen LogP) is 2.27. The van der Waals surface area contributed by atoms with E-state index in [-0.39, 0.29) is 6.10 Å². The van der Waals surface area contributed by atoms with E-state index in [0.29, 0.717) is 6.04 Å². The number of aliphatic hydroxyl groups is 1. The van der Waals surface area contributed by atoms with Crippen molar-refractivity contribution < 1.29 is 5.11 Å². The molecule has 1 N–H and O–H groups in total. The number of hydrogen-bond acceptors (Lipinski definition) is 3. The van der Waals surface area contributed by atoms with Crippen molar-refractivity contribution in [3.05, 3.63) is 29.8 Å². The molecule has 18 heavy (non-hydrogen) atoms. The zero-order valence-electron chi connectivity index (χ0n) is 11.6. The van der Waals surface area contributed by atoms with E-state index in [1.807, 2.05) is 19.1 Å². The van der Waals surface area contributed by atoms with Crippen LogP contribution in [0.5, 0.6) is 0 Å². The van der Waals surface area contributed by atoms with Crippen molar-refractivity contribution in [2.24, 2.45) is 0 Å². The lowest BCUT2D eigenvalue weighted by atomic mass is 10.1. The van der Waals surface area contributed by atoms with E-state index in [1.54, 1.807) is 0 Å². The Bertz CT molecular complexity index is 375. The van der Waals surface area contributed by atoms with Gasteiger partial charge >= 0.3 is 0 Å². The minimum absolute atomic E-state index is 0.327. The van der Waals surface area contributed by atoms with Crippen LogP contribution in [-0.2, 0) is 0 Å². The Morgan fingerprint density at radius 3 is 2.50 bits per heavy atom. The highest BCUT2D eigenvalue weighted by Crippen LogP contribution is 2.24. The first kappa shape index (κ1) is 13.4. The summed E-state index contributed by atoms with van der Waals surface area (Å²) in [6.07, 6.45) is 1.67. The van der Waals surface area contributed by atoms with Crippen LogP contribution in [0.2, 0.25) is 0 Å². The molecule has 2 atom stereocenters. The van der Waals surface area contributed by atoms with Gasteiger partial charge in [0.1, 0.15) is 0 Å². The molecule has 1 heterocycles. The van der Waals surface area contributed by atoms with E-state index in [1.165, 1.54) is 12.1 Å². The van der Waals surface area contributed by atoms with Crippen LogP contribution in [0.15, 0.2) is 24.3 Å². The van der Waals surface area contributed by atoms with E-state index in [2.05, 4.69) is 36.0 Å². The third-order valence-electron chi connectivity index (χ3n) is 3.92. The van der Waals surface area contributed by atoms with Crippen molar-refractivity contribution in [3.63, 3.8) is 0 Å². The molecule has 1 aromatic carbocycles. The Kier molecular flexibility index (Phi) is 4.25. The van der Waals surface area contributed by atoms with Crippen LogP contribution in [0, 0.1) is 0 Å². The van der Waals surface area contributed by atoms with Gasteiger partial charge in [-0.25, -0.2) is 0 Å². The van der Waals surface area contributed by atoms with Gasteiger partial charge in [0.15, 0.2) is 0 Å². The summed E-state index contributed by atoms with van der Waals surface area (Å²) in [5.41, 5.74) is 2.29. The molecule has 2 rings (SSSR count). The molecule has 1 aromatic rings. The first-order valence-corrected chi connectivity index (χ1v) is 6.81. The van der Waals surface area contributed by atoms with Gasteiger partial charge in [0.25, 0.3) is 0 Å². The molecule has 1 saturated heterocycles. The summed E-state index contributed by atoms with van der Waals surface area (Å²) < 4.78 is 0. The molecule has 0 aromatic heterocycles. The topological polar surface area (TPSA) is 26.7 Å². The fourth-order valence-corrected chi connectivity index (χ4v) is 2.54. The van der Waals surface area contributed by atoms with Gasteiger partial charge in [-0.15, -0.1) is 0 Å². The maximum Gasteiger partial charge on any atom is 0.0787 e. The lowest BCUT2D eigenvalue weighted by molar-refractivity contribution is 0.173. The van der Waals surface area contributed by atoms with Crippen LogP contribution < -0.4 is 4.90 Å². The number of aliphatic hydroxyl groups excluding tert-OH is 1. The van der Waals surface area contributed by atoms with Crippen LogP contribution in [0.1, 0.15) is 31.4 Å². The van der Waals surface area contributed by atoms with Crippen LogP contribution >= 0.6 is 0 Å². The van der Waals surface area contributed by atoms with Gasteiger partial charge in [-0.1, -0.05) is 19.1 Å². The van der Waals surface area contributed by atoms with E-state index in [9.17, 15) is 5.11 Å². The van der Waals surface area contributed by atoms with Crippen LogP contribution in [0.4, 0.5) is 5.69 Å². The zero-order valence-corrected chi connectivity index (χ0v) is 11.6. The molecule has 0 aliphatic carbocycles. The van der Waals surface area contributed by atoms with Crippen molar-refractivity contribution in [2.45, 2.75) is 31.9 Å². The summed E-state index contributed by atoms with van der Waals surface area (Å²) in [6.45, 7) is 4.22. The second kappa shape index (κ2) is 5.72. The summed E-state index contributed by atoms with van der Waals surface area (Å²) in [5.74, 6) is 0. The largest absolute Gasteiger partial charge is 0.388 e. The number of anilines is 1. The van der Waals surface area contributed by atoms with E-state index >= 15 is 0 Å². The van der Waals surface area contributed by atoms with Gasteiger partial charge in [0, 0.05) is 24.8 Å². The van der Waals surface area contributed by atoms with Crippen molar-refractivity contribution in [3.8, 4) is 0 Å². The van der Waals surface area contributed by atoms with Crippen molar-refractivity contribution in [1.29, 1.82) is 0 Å². The first-order chi connectivity index (χ1) is 8.61. The Labute approximate surface area is 110 Å². The zero-order chi connectivity index (χ0) is 13.1. The Hall–Kier alpha value is -1.06. The molecule has 3 nitrogen and oxygen atoms in total. The summed E-state index contributed by atoms with van der Waals surface area (Å²) in [6, 6.07) is 9.02. The molecule has 1 aliphatic rings. The molecule has 100 valence electrons. The van der Waals surface area contributed by atoms with Crippen LogP contribution in [-0.4, -0.2) is 43.2 Å². The van der Waals surface area contributed by atoms with Gasteiger partial charge in [-0.3, -0.25) is 0 Å². The normalized spacial score (nSPS) is 21.6. The number of benzene rings is 1. The number of likely N-dealkylation sites (N-methyl/N-ethyl adjacent to an activating group) is 1. The van der Waals surface area contributed by atoms with Gasteiger partial charge < -0.3 is 14.9 Å². The highest BCUT2D eigenvalue weighted by atomic mass is 16.3. The van der Waals surface area contributed by atoms with Crippen molar-refractivity contribution in [2.75, 3.05) is 32.1 Å². The Morgan fingerprint density at radius 2 is 2.00 bits per heavy atom. The van der Waals surface area contributed by atoms with Gasteiger partial charge in [0.2, 0.25) is 0 Å². The van der Waals surface area contributed by atoms with E-state index in [0.717, 1.165) is 25.1 Å². The maximum atomic E-state index is 9.78. The molecule has 0 spiro atoms. The Balaban J connectivity index is 2.02. The third-order valence-corrected chi connectivity index (χ3v) is 3.92. The van der Waals surface area contributed by atoms with Crippen LogP contribution in [0.3, 0.4) is 0 Å². The molecule has 1 unspecified atom stereocenters. The fourth-order valence-electron chi connectivity index (χ4n) is 2.54. The minimum Gasteiger partial charge on any atom is -0.388 e. The maximum absolute atomic E-state index is 9.78. The minimum atomic E-state index is -0.327. The van der Waals surface area contributed by atoms with Gasteiger partial charge in [-0.05, 0) is 44.6 Å². The van der Waals surface area contributed by atoms with Gasteiger partial charge in [-0.2, -0.15) is 0 Å². The molecule has 0 bridgehead atoms. The average molecular weight is 248 g/mol. The van der Waals surface area contributed by atoms with Gasteiger partial charge in [0.05, 0.1) is 6.10 Å². The lowest BCUT2D eigenvalue weighted by Crippen LogP contribution is -2.31. The second-order valence-electron chi connectivity index (χ2n) is 5.37. The summed E-state index contributed by atoms with van der Waals surface area (Å²) in [5, 5.41) is 9.78. The molecular formula is C15H24N2O. The molecule has 1 aliphatic heterocycles. The van der Waals surface area contributed by atoms with E-state index in [4.69, 9.17) is 0 Å². The first-order valence-electron chi connectivity index (χ1n) is 6.81. The Morgan fingerprint density at radius 1 is 1.33 bits per heavy atom. The highest BCUT2D eigenvalue weighted by molar-refractivity contribution is 5.49. The molecule has 0 radical (unpaired) electrons. The summed E-state index contributed by atoms with van der Waals surface area (Å²) in [4.78, 5) is 4.72. The highest BCUT2D eigenvalue weighted by Gasteiger charge is 2.23. The van der Waals surface area contributed by atoms with Crippen molar-refractivity contribution >= 4 is 5.69 Å². The molecule has 3 heteroatoms. The van der Waals surface area contributed by atoms with Crippen molar-refractivity contribution in [1.82, 2.24) is 4.90 Å². The fraction of sp³-hybridized carbons (Fsp3) is 0.600. The average Bonchev–Trinajstić information content (AvgIpc) is 2.88. The molecule has 1 fully saturated rings. The molecule has 0 saturated carbocycles. The molecule has 0 amide bonds. The number of hydrogen-bond donors (Lipinski definition) is 1. The summed E-state index contributed by atoms with van der Waals surface area (Å²) >= 11 is 0. The number of nitrogens with zero attached hydrogens (tertiary/aromatic N) is 2. The standard InChI is InChI=1S/C15H24N2O/c1-4-15(18)12-5-7-13(8-6-12)17-10-9-14(11-17)16(2)3/h5-8,14-15,18H,4,9-11H2,1-3H3/t14?,15-/m1/s1. The third kappa shape index (κ3) is 2.85. The monoisotopic (exact) mass is 248 g/mol. The quantitative estimate of drug-likeness (QED) is 0.885. The lowest BCUT2D eigenvalue weighted by Gasteiger charge is -2.22.